The summed E-state index contributed by atoms with van der Waals surface area (Å²) in [6, 6.07) is 8.93. The number of nitrogens with zero attached hydrogens (tertiary/aromatic N) is 3. The first-order valence-corrected chi connectivity index (χ1v) is 7.27. The smallest absolute Gasteiger partial charge is 0.223 e. The number of benzene rings is 1. The quantitative estimate of drug-likeness (QED) is 0.941. The Labute approximate surface area is 124 Å². The second kappa shape index (κ2) is 6.08. The van der Waals surface area contributed by atoms with Crippen LogP contribution in [0.2, 0.25) is 0 Å². The summed E-state index contributed by atoms with van der Waals surface area (Å²) < 4.78 is 13.3. The van der Waals surface area contributed by atoms with Crippen molar-refractivity contribution in [1.29, 1.82) is 0 Å². The van der Waals surface area contributed by atoms with E-state index < -0.39 is 0 Å². The zero-order valence-electron chi connectivity index (χ0n) is 12.1. The molecule has 110 valence electrons. The van der Waals surface area contributed by atoms with E-state index in [9.17, 15) is 4.39 Å². The topological polar surface area (TPSA) is 41.1 Å². The van der Waals surface area contributed by atoms with Crippen LogP contribution in [0.4, 0.5) is 16.0 Å². The maximum Gasteiger partial charge on any atom is 0.223 e. The lowest BCUT2D eigenvalue weighted by atomic mass is 10.0. The zero-order valence-corrected chi connectivity index (χ0v) is 12.1. The number of hydrogen-bond acceptors (Lipinski definition) is 4. The van der Waals surface area contributed by atoms with Crippen molar-refractivity contribution in [2.24, 2.45) is 0 Å². The van der Waals surface area contributed by atoms with Gasteiger partial charge in [0.2, 0.25) is 5.95 Å². The van der Waals surface area contributed by atoms with Crippen LogP contribution in [0.15, 0.2) is 36.5 Å². The summed E-state index contributed by atoms with van der Waals surface area (Å²) in [6.45, 7) is 3.74. The van der Waals surface area contributed by atoms with Crippen molar-refractivity contribution in [3.8, 4) is 0 Å². The first kappa shape index (κ1) is 13.8. The number of rotatable bonds is 3. The molecule has 0 spiro atoms. The minimum atomic E-state index is -0.190. The van der Waals surface area contributed by atoms with E-state index in [2.05, 4.69) is 20.2 Å². The zero-order chi connectivity index (χ0) is 14.7. The Balaban J connectivity index is 1.68. The Morgan fingerprint density at radius 3 is 3.05 bits per heavy atom. The van der Waals surface area contributed by atoms with Gasteiger partial charge in [-0.05, 0) is 44.0 Å². The molecule has 21 heavy (non-hydrogen) atoms. The number of anilines is 2. The number of piperidine rings is 1. The molecule has 1 unspecified atom stereocenters. The van der Waals surface area contributed by atoms with E-state index in [1.807, 2.05) is 19.1 Å². The SMILES string of the molecule is Cc1ccnc(NC2CCCN(c3cccc(F)c3)C2)n1. The van der Waals surface area contributed by atoms with Gasteiger partial charge in [0.05, 0.1) is 0 Å². The van der Waals surface area contributed by atoms with Gasteiger partial charge in [0, 0.05) is 36.7 Å². The van der Waals surface area contributed by atoms with Crippen LogP contribution < -0.4 is 10.2 Å². The normalized spacial score (nSPS) is 18.6. The van der Waals surface area contributed by atoms with E-state index in [1.165, 1.54) is 6.07 Å². The summed E-state index contributed by atoms with van der Waals surface area (Å²) in [4.78, 5) is 10.8. The fraction of sp³-hybridized carbons (Fsp3) is 0.375. The highest BCUT2D eigenvalue weighted by atomic mass is 19.1. The number of halogens is 1. The number of aryl methyl sites for hydroxylation is 1. The molecule has 5 heteroatoms. The van der Waals surface area contributed by atoms with Crippen LogP contribution in [0.25, 0.3) is 0 Å². The van der Waals surface area contributed by atoms with E-state index in [4.69, 9.17) is 0 Å². The molecule has 1 aliphatic rings. The lowest BCUT2D eigenvalue weighted by Crippen LogP contribution is -2.42. The molecule has 1 atom stereocenters. The molecule has 1 N–H and O–H groups in total. The molecule has 0 aliphatic carbocycles. The molecule has 2 aromatic rings. The highest BCUT2D eigenvalue weighted by molar-refractivity contribution is 5.47. The first-order chi connectivity index (χ1) is 10.2. The van der Waals surface area contributed by atoms with Crippen molar-refractivity contribution in [3.05, 3.63) is 48.0 Å². The molecule has 1 aromatic heterocycles. The summed E-state index contributed by atoms with van der Waals surface area (Å²) in [5.41, 5.74) is 1.89. The predicted molar refractivity (Wildman–Crippen MR) is 82.0 cm³/mol. The molecule has 3 rings (SSSR count). The van der Waals surface area contributed by atoms with Gasteiger partial charge in [-0.2, -0.15) is 0 Å². The van der Waals surface area contributed by atoms with Crippen LogP contribution in [0.1, 0.15) is 18.5 Å². The fourth-order valence-electron chi connectivity index (χ4n) is 2.70. The van der Waals surface area contributed by atoms with Crippen LogP contribution in [-0.4, -0.2) is 29.1 Å². The van der Waals surface area contributed by atoms with Crippen LogP contribution in [0.3, 0.4) is 0 Å². The highest BCUT2D eigenvalue weighted by Gasteiger charge is 2.21. The second-order valence-electron chi connectivity index (χ2n) is 5.43. The molecular weight excluding hydrogens is 267 g/mol. The molecular formula is C16H19FN4. The monoisotopic (exact) mass is 286 g/mol. The molecule has 2 heterocycles. The summed E-state index contributed by atoms with van der Waals surface area (Å²) in [7, 11) is 0. The second-order valence-corrected chi connectivity index (χ2v) is 5.43. The molecule has 0 radical (unpaired) electrons. The first-order valence-electron chi connectivity index (χ1n) is 7.27. The van der Waals surface area contributed by atoms with E-state index in [0.717, 1.165) is 37.3 Å². The Morgan fingerprint density at radius 1 is 1.33 bits per heavy atom. The largest absolute Gasteiger partial charge is 0.369 e. The minimum absolute atomic E-state index is 0.190. The molecule has 0 saturated carbocycles. The van der Waals surface area contributed by atoms with Crippen molar-refractivity contribution >= 4 is 11.6 Å². The average molecular weight is 286 g/mol. The van der Waals surface area contributed by atoms with Gasteiger partial charge in [-0.3, -0.25) is 0 Å². The maximum atomic E-state index is 13.3. The summed E-state index contributed by atoms with van der Waals surface area (Å²) >= 11 is 0. The van der Waals surface area contributed by atoms with Gasteiger partial charge in [0.1, 0.15) is 5.82 Å². The van der Waals surface area contributed by atoms with Gasteiger partial charge < -0.3 is 10.2 Å². The van der Waals surface area contributed by atoms with Crippen LogP contribution in [-0.2, 0) is 0 Å². The molecule has 0 amide bonds. The van der Waals surface area contributed by atoms with Crippen LogP contribution in [0, 0.1) is 12.7 Å². The molecule has 1 aromatic carbocycles. The summed E-state index contributed by atoms with van der Waals surface area (Å²) in [5.74, 6) is 0.477. The minimum Gasteiger partial charge on any atom is -0.369 e. The van der Waals surface area contributed by atoms with Crippen molar-refractivity contribution in [2.75, 3.05) is 23.3 Å². The molecule has 1 saturated heterocycles. The van der Waals surface area contributed by atoms with E-state index in [0.29, 0.717) is 5.95 Å². The van der Waals surface area contributed by atoms with Crippen LogP contribution >= 0.6 is 0 Å². The predicted octanol–water partition coefficient (Wildman–Crippen LogP) is 3.01. The Morgan fingerprint density at radius 2 is 2.24 bits per heavy atom. The molecule has 0 bridgehead atoms. The average Bonchev–Trinajstić information content (AvgIpc) is 2.47. The standard InChI is InChI=1S/C16H19FN4/c1-12-7-8-18-16(19-12)20-14-5-3-9-21(11-14)15-6-2-4-13(17)10-15/h2,4,6-8,10,14H,3,5,9,11H2,1H3,(H,18,19,20). The van der Waals surface area contributed by atoms with Crippen molar-refractivity contribution in [2.45, 2.75) is 25.8 Å². The van der Waals surface area contributed by atoms with E-state index >= 15 is 0 Å². The summed E-state index contributed by atoms with van der Waals surface area (Å²) in [5, 5.41) is 3.38. The third-order valence-electron chi connectivity index (χ3n) is 3.72. The number of nitrogens with one attached hydrogen (secondary N) is 1. The Bertz CT molecular complexity index is 617. The number of aromatic nitrogens is 2. The van der Waals surface area contributed by atoms with Gasteiger partial charge in [0.25, 0.3) is 0 Å². The Kier molecular flexibility index (Phi) is 3.99. The molecule has 1 fully saturated rings. The van der Waals surface area contributed by atoms with Crippen molar-refractivity contribution in [3.63, 3.8) is 0 Å². The van der Waals surface area contributed by atoms with Crippen molar-refractivity contribution in [1.82, 2.24) is 9.97 Å². The molecule has 1 aliphatic heterocycles. The van der Waals surface area contributed by atoms with Gasteiger partial charge in [0.15, 0.2) is 0 Å². The summed E-state index contributed by atoms with van der Waals surface area (Å²) in [6.07, 6.45) is 3.90. The van der Waals surface area contributed by atoms with Gasteiger partial charge in [-0.1, -0.05) is 6.07 Å². The van der Waals surface area contributed by atoms with E-state index in [-0.39, 0.29) is 11.9 Å². The lowest BCUT2D eigenvalue weighted by molar-refractivity contribution is 0.526. The lowest BCUT2D eigenvalue weighted by Gasteiger charge is -2.34. The Hall–Kier alpha value is -2.17. The van der Waals surface area contributed by atoms with Crippen molar-refractivity contribution < 1.29 is 4.39 Å². The number of hydrogen-bond donors (Lipinski definition) is 1. The highest BCUT2D eigenvalue weighted by Crippen LogP contribution is 2.22. The fourth-order valence-corrected chi connectivity index (χ4v) is 2.70. The maximum absolute atomic E-state index is 13.3. The van der Waals surface area contributed by atoms with Crippen LogP contribution in [0.5, 0.6) is 0 Å². The van der Waals surface area contributed by atoms with E-state index in [1.54, 1.807) is 18.3 Å². The third kappa shape index (κ3) is 3.48. The third-order valence-corrected chi connectivity index (χ3v) is 3.72. The molecule has 4 nitrogen and oxygen atoms in total. The van der Waals surface area contributed by atoms with Gasteiger partial charge in [-0.25, -0.2) is 14.4 Å². The van der Waals surface area contributed by atoms with Gasteiger partial charge in [-0.15, -0.1) is 0 Å². The van der Waals surface area contributed by atoms with Gasteiger partial charge >= 0.3 is 0 Å².